The summed E-state index contributed by atoms with van der Waals surface area (Å²) in [6, 6.07) is -1.51. The Kier molecular flexibility index (Phi) is 29.4. The maximum atomic E-state index is 12.3. The minimum absolute atomic E-state index is 0.158. The van der Waals surface area contributed by atoms with Gasteiger partial charge in [0.25, 0.3) is 0 Å². The number of carbonyl (C=O) groups is 3. The molecule has 3 atom stereocenters. The molecular formula is C34H64NO10P. The van der Waals surface area contributed by atoms with Gasteiger partial charge in [-0.25, -0.2) is 4.57 Å². The molecule has 0 saturated heterocycles. The Morgan fingerprint density at radius 2 is 1.13 bits per heavy atom. The molecule has 11 nitrogen and oxygen atoms in total. The van der Waals surface area contributed by atoms with Crippen molar-refractivity contribution in [1.29, 1.82) is 0 Å². The van der Waals surface area contributed by atoms with Gasteiger partial charge in [-0.15, -0.1) is 0 Å². The van der Waals surface area contributed by atoms with Crippen LogP contribution in [-0.2, 0) is 37.5 Å². The summed E-state index contributed by atoms with van der Waals surface area (Å²) in [4.78, 5) is 43.9. The maximum Gasteiger partial charge on any atom is 0.472 e. The summed E-state index contributed by atoms with van der Waals surface area (Å²) in [6.45, 7) is 1.72. The molecule has 0 aromatic carbocycles. The lowest BCUT2D eigenvalue weighted by Gasteiger charge is -2.20. The number of carbonyl (C=O) groups excluding carboxylic acids is 2. The molecule has 3 unspecified atom stereocenters. The maximum absolute atomic E-state index is 12.3. The van der Waals surface area contributed by atoms with Crippen molar-refractivity contribution in [2.75, 3.05) is 19.8 Å². The highest BCUT2D eigenvalue weighted by Crippen LogP contribution is 2.43. The van der Waals surface area contributed by atoms with Gasteiger partial charge in [0.15, 0.2) is 6.10 Å². The van der Waals surface area contributed by atoms with Crippen LogP contribution in [0.5, 0.6) is 0 Å². The number of unbranched alkanes of at least 4 members (excludes halogenated alkanes) is 19. The third-order valence-corrected chi connectivity index (χ3v) is 8.52. The van der Waals surface area contributed by atoms with Crippen molar-refractivity contribution < 1.29 is 47.5 Å². The van der Waals surface area contributed by atoms with E-state index in [1.807, 2.05) is 0 Å². The summed E-state index contributed by atoms with van der Waals surface area (Å²) in [7, 11) is -4.67. The second-order valence-electron chi connectivity index (χ2n) is 12.1. The SMILES string of the molecule is CCCCCCCCCC/C=C\CCCCCCCCCCCCCC(=O)OC(COC(C)=O)COP(=O)(O)OCC(N)C(=O)O. The van der Waals surface area contributed by atoms with Crippen molar-refractivity contribution in [2.45, 2.75) is 167 Å². The molecular weight excluding hydrogens is 613 g/mol. The zero-order valence-electron chi connectivity index (χ0n) is 28.7. The quantitative estimate of drug-likeness (QED) is 0.0265. The van der Waals surface area contributed by atoms with E-state index in [2.05, 4.69) is 23.6 Å². The lowest BCUT2D eigenvalue weighted by atomic mass is 10.0. The normalized spacial score (nSPS) is 14.2. The molecule has 4 N–H and O–H groups in total. The lowest BCUT2D eigenvalue weighted by Crippen LogP contribution is -2.34. The van der Waals surface area contributed by atoms with E-state index in [0.717, 1.165) is 19.3 Å². The van der Waals surface area contributed by atoms with E-state index >= 15 is 0 Å². The number of rotatable bonds is 33. The number of phosphoric acid groups is 1. The van der Waals surface area contributed by atoms with Gasteiger partial charge in [0.1, 0.15) is 12.6 Å². The van der Waals surface area contributed by atoms with Gasteiger partial charge < -0.3 is 25.2 Å². The number of hydrogen-bond acceptors (Lipinski definition) is 9. The summed E-state index contributed by atoms with van der Waals surface area (Å²) in [5.41, 5.74) is 5.24. The number of carboxylic acid groups (broad SMARTS) is 1. The number of carboxylic acids is 1. The van der Waals surface area contributed by atoms with Gasteiger partial charge in [0, 0.05) is 13.3 Å². The predicted octanol–water partition coefficient (Wildman–Crippen LogP) is 8.17. The fourth-order valence-corrected chi connectivity index (χ4v) is 5.56. The van der Waals surface area contributed by atoms with Crippen molar-refractivity contribution in [3.05, 3.63) is 12.2 Å². The Morgan fingerprint density at radius 3 is 1.59 bits per heavy atom. The molecule has 0 aromatic heterocycles. The molecule has 46 heavy (non-hydrogen) atoms. The van der Waals surface area contributed by atoms with Crippen LogP contribution in [0, 0.1) is 0 Å². The lowest BCUT2D eigenvalue weighted by molar-refractivity contribution is -0.160. The molecule has 0 radical (unpaired) electrons. The fourth-order valence-electron chi connectivity index (χ4n) is 4.79. The van der Waals surface area contributed by atoms with E-state index in [-0.39, 0.29) is 13.0 Å². The Hall–Kier alpha value is -1.78. The van der Waals surface area contributed by atoms with Gasteiger partial charge in [0.2, 0.25) is 0 Å². The number of esters is 2. The molecule has 0 saturated carbocycles. The van der Waals surface area contributed by atoms with Crippen molar-refractivity contribution >= 4 is 25.7 Å². The van der Waals surface area contributed by atoms with E-state index < -0.39 is 51.1 Å². The molecule has 0 aliphatic rings. The van der Waals surface area contributed by atoms with E-state index in [4.69, 9.17) is 24.8 Å². The zero-order chi connectivity index (χ0) is 34.3. The Balaban J connectivity index is 3.79. The van der Waals surface area contributed by atoms with Crippen LogP contribution in [0.3, 0.4) is 0 Å². The highest BCUT2D eigenvalue weighted by molar-refractivity contribution is 7.47. The molecule has 0 rings (SSSR count). The summed E-state index contributed by atoms with van der Waals surface area (Å²) in [5.74, 6) is -2.57. The van der Waals surface area contributed by atoms with Gasteiger partial charge in [0.05, 0.1) is 13.2 Å². The number of hydrogen-bond donors (Lipinski definition) is 3. The minimum atomic E-state index is -4.67. The van der Waals surface area contributed by atoms with Crippen molar-refractivity contribution in [1.82, 2.24) is 0 Å². The van der Waals surface area contributed by atoms with Crippen LogP contribution in [0.25, 0.3) is 0 Å². The van der Waals surface area contributed by atoms with Crippen LogP contribution in [0.4, 0.5) is 0 Å². The number of nitrogens with two attached hydrogens (primary N) is 1. The topological polar surface area (TPSA) is 172 Å². The van der Waals surface area contributed by atoms with E-state index in [1.54, 1.807) is 0 Å². The Labute approximate surface area is 278 Å². The summed E-state index contributed by atoms with van der Waals surface area (Å²) < 4.78 is 31.4. The zero-order valence-corrected chi connectivity index (χ0v) is 29.6. The highest BCUT2D eigenvalue weighted by Gasteiger charge is 2.27. The molecule has 0 aliphatic carbocycles. The van der Waals surface area contributed by atoms with Crippen molar-refractivity contribution in [3.63, 3.8) is 0 Å². The second-order valence-corrected chi connectivity index (χ2v) is 13.5. The molecule has 0 spiro atoms. The first-order chi connectivity index (χ1) is 22.1. The van der Waals surface area contributed by atoms with Crippen LogP contribution >= 0.6 is 7.82 Å². The van der Waals surface area contributed by atoms with Gasteiger partial charge in [-0.1, -0.05) is 122 Å². The average molecular weight is 678 g/mol. The molecule has 0 aliphatic heterocycles. The molecule has 270 valence electrons. The highest BCUT2D eigenvalue weighted by atomic mass is 31.2. The first-order valence-electron chi connectivity index (χ1n) is 17.7. The standard InChI is InChI=1S/C34H64NO10P/c1-3-4-5-6-7-8-9-10-11-12-13-14-15-16-17-18-19-20-21-22-23-24-25-26-33(37)45-31(27-42-30(2)36)28-43-46(40,41)44-29-32(35)34(38)39/h12-13,31-32H,3-11,14-29,35H2,1-2H3,(H,38,39)(H,40,41)/b13-12-. The summed E-state index contributed by atoms with van der Waals surface area (Å²) in [6.07, 6.45) is 29.8. The summed E-state index contributed by atoms with van der Waals surface area (Å²) in [5, 5.41) is 8.73. The van der Waals surface area contributed by atoms with Crippen LogP contribution in [0.2, 0.25) is 0 Å². The van der Waals surface area contributed by atoms with Crippen LogP contribution < -0.4 is 5.73 Å². The van der Waals surface area contributed by atoms with Crippen molar-refractivity contribution in [3.8, 4) is 0 Å². The monoisotopic (exact) mass is 677 g/mol. The average Bonchev–Trinajstić information content (AvgIpc) is 3.01. The number of aliphatic carboxylic acids is 1. The van der Waals surface area contributed by atoms with E-state index in [1.165, 1.54) is 116 Å². The summed E-state index contributed by atoms with van der Waals surface area (Å²) >= 11 is 0. The van der Waals surface area contributed by atoms with Crippen LogP contribution in [0.1, 0.15) is 155 Å². The Morgan fingerprint density at radius 1 is 0.696 bits per heavy atom. The van der Waals surface area contributed by atoms with E-state index in [9.17, 15) is 23.8 Å². The molecule has 12 heteroatoms. The fraction of sp³-hybridized carbons (Fsp3) is 0.853. The minimum Gasteiger partial charge on any atom is -0.480 e. The Bertz CT molecular complexity index is 854. The number of allylic oxidation sites excluding steroid dienone is 2. The molecule has 0 amide bonds. The predicted molar refractivity (Wildman–Crippen MR) is 180 cm³/mol. The van der Waals surface area contributed by atoms with Crippen LogP contribution in [-0.4, -0.2) is 59.9 Å². The molecule has 0 aromatic rings. The van der Waals surface area contributed by atoms with Gasteiger partial charge in [-0.05, 0) is 32.1 Å². The van der Waals surface area contributed by atoms with Gasteiger partial charge in [-0.3, -0.25) is 23.4 Å². The first-order valence-corrected chi connectivity index (χ1v) is 19.1. The van der Waals surface area contributed by atoms with Gasteiger partial charge in [-0.2, -0.15) is 0 Å². The van der Waals surface area contributed by atoms with Gasteiger partial charge >= 0.3 is 25.7 Å². The molecule has 0 heterocycles. The first kappa shape index (κ1) is 44.2. The van der Waals surface area contributed by atoms with Crippen LogP contribution in [0.15, 0.2) is 12.2 Å². The third kappa shape index (κ3) is 30.9. The van der Waals surface area contributed by atoms with E-state index in [0.29, 0.717) is 6.42 Å². The third-order valence-electron chi connectivity index (χ3n) is 7.57. The number of phosphoric ester groups is 1. The largest absolute Gasteiger partial charge is 0.480 e. The molecule has 0 fully saturated rings. The smallest absolute Gasteiger partial charge is 0.472 e. The number of ether oxygens (including phenoxy) is 2. The second kappa shape index (κ2) is 30.5. The molecule has 0 bridgehead atoms. The van der Waals surface area contributed by atoms with Crippen molar-refractivity contribution in [2.24, 2.45) is 5.73 Å².